The molecule has 0 radical (unpaired) electrons. The molecule has 1 fully saturated rings. The fraction of sp³-hybridized carbons (Fsp3) is 0.824. The summed E-state index contributed by atoms with van der Waals surface area (Å²) in [6, 6.07) is 0.772. The Morgan fingerprint density at radius 3 is 2.62 bits per heavy atom. The molecule has 0 bridgehead atoms. The number of rotatable bonds is 4. The Labute approximate surface area is 129 Å². The number of nitrogens with one attached hydrogen (secondary N) is 1. The van der Waals surface area contributed by atoms with Gasteiger partial charge in [0.2, 0.25) is 0 Å². The molecular weight excluding hydrogens is 260 g/mol. The molecule has 1 heterocycles. The summed E-state index contributed by atoms with van der Waals surface area (Å²) in [6.07, 6.45) is 5.90. The van der Waals surface area contributed by atoms with E-state index >= 15 is 0 Å². The molecule has 0 amide bonds. The fourth-order valence-corrected chi connectivity index (χ4v) is 3.49. The second kappa shape index (κ2) is 5.73. The Bertz CT molecular complexity index is 481. The minimum absolute atomic E-state index is 0.0423. The molecule has 1 aliphatic rings. The Hall–Kier alpha value is -0.870. The number of hydrogen-bond donors (Lipinski definition) is 2. The monoisotopic (exact) mass is 292 g/mol. The maximum absolute atomic E-state index is 6.07. The average Bonchev–Trinajstić information content (AvgIpc) is 2.88. The number of nitrogens with two attached hydrogens (primary N) is 1. The predicted octanol–water partition coefficient (Wildman–Crippen LogP) is 2.89. The Balaban J connectivity index is 2.19. The van der Waals surface area contributed by atoms with Crippen molar-refractivity contribution in [3.8, 4) is 0 Å². The van der Waals surface area contributed by atoms with E-state index in [1.54, 1.807) is 0 Å². The van der Waals surface area contributed by atoms with Crippen molar-refractivity contribution in [2.24, 2.45) is 18.2 Å². The highest BCUT2D eigenvalue weighted by molar-refractivity contribution is 5.28. The van der Waals surface area contributed by atoms with Crippen LogP contribution in [0.4, 0.5) is 0 Å². The molecule has 1 aromatic rings. The molecule has 0 aromatic carbocycles. The first-order valence-corrected chi connectivity index (χ1v) is 8.12. The standard InChI is InChI=1S/C17H32N4/c1-16(2,3)15-13(11-21(6)20-15)14(10-18)19-12-7-8-17(4,5)9-12/h11-12,14,19H,7-10,18H2,1-6H3. The Kier molecular flexibility index (Phi) is 4.50. The van der Waals surface area contributed by atoms with Crippen LogP contribution < -0.4 is 11.1 Å². The van der Waals surface area contributed by atoms with Crippen molar-refractivity contribution in [2.75, 3.05) is 6.54 Å². The van der Waals surface area contributed by atoms with Gasteiger partial charge < -0.3 is 11.1 Å². The van der Waals surface area contributed by atoms with Gasteiger partial charge in [0, 0.05) is 42.9 Å². The SMILES string of the molecule is Cn1cc(C(CN)NC2CCC(C)(C)C2)c(C(C)(C)C)n1. The van der Waals surface area contributed by atoms with Crippen LogP contribution in [-0.4, -0.2) is 22.4 Å². The van der Waals surface area contributed by atoms with E-state index in [-0.39, 0.29) is 11.5 Å². The van der Waals surface area contributed by atoms with Crippen LogP contribution in [0.25, 0.3) is 0 Å². The molecule has 1 saturated carbocycles. The van der Waals surface area contributed by atoms with Crippen molar-refractivity contribution in [3.63, 3.8) is 0 Å². The summed E-state index contributed by atoms with van der Waals surface area (Å²) >= 11 is 0. The molecule has 0 aliphatic heterocycles. The number of hydrogen-bond acceptors (Lipinski definition) is 3. The predicted molar refractivity (Wildman–Crippen MR) is 88.3 cm³/mol. The molecule has 4 heteroatoms. The average molecular weight is 292 g/mol. The van der Waals surface area contributed by atoms with Crippen molar-refractivity contribution >= 4 is 0 Å². The zero-order valence-corrected chi connectivity index (χ0v) is 14.5. The summed E-state index contributed by atoms with van der Waals surface area (Å²) in [5.41, 5.74) is 8.99. The summed E-state index contributed by atoms with van der Waals surface area (Å²) in [6.45, 7) is 12.0. The normalized spacial score (nSPS) is 23.5. The van der Waals surface area contributed by atoms with Crippen LogP contribution in [0.2, 0.25) is 0 Å². The molecule has 1 aromatic heterocycles. The lowest BCUT2D eigenvalue weighted by molar-refractivity contribution is 0.352. The van der Waals surface area contributed by atoms with E-state index in [2.05, 4.69) is 51.2 Å². The van der Waals surface area contributed by atoms with Crippen LogP contribution in [0.3, 0.4) is 0 Å². The number of nitrogens with zero attached hydrogens (tertiary/aromatic N) is 2. The minimum Gasteiger partial charge on any atom is -0.329 e. The van der Waals surface area contributed by atoms with Gasteiger partial charge in [0.25, 0.3) is 0 Å². The van der Waals surface area contributed by atoms with Crippen LogP contribution >= 0.6 is 0 Å². The van der Waals surface area contributed by atoms with Crippen molar-refractivity contribution in [3.05, 3.63) is 17.5 Å². The molecular formula is C17H32N4. The van der Waals surface area contributed by atoms with Crippen molar-refractivity contribution in [1.82, 2.24) is 15.1 Å². The van der Waals surface area contributed by atoms with Gasteiger partial charge in [-0.25, -0.2) is 0 Å². The summed E-state index contributed by atoms with van der Waals surface area (Å²) in [4.78, 5) is 0. The maximum Gasteiger partial charge on any atom is 0.0726 e. The molecule has 120 valence electrons. The molecule has 21 heavy (non-hydrogen) atoms. The third kappa shape index (κ3) is 3.86. The lowest BCUT2D eigenvalue weighted by Crippen LogP contribution is -2.36. The van der Waals surface area contributed by atoms with E-state index < -0.39 is 0 Å². The minimum atomic E-state index is 0.0423. The zero-order chi connectivity index (χ0) is 15.8. The van der Waals surface area contributed by atoms with Gasteiger partial charge in [-0.15, -0.1) is 0 Å². The first-order valence-electron chi connectivity index (χ1n) is 8.12. The highest BCUT2D eigenvalue weighted by atomic mass is 15.3. The molecule has 2 rings (SSSR count). The van der Waals surface area contributed by atoms with E-state index in [0.717, 1.165) is 5.69 Å². The highest BCUT2D eigenvalue weighted by Crippen LogP contribution is 2.38. The Morgan fingerprint density at radius 2 is 2.14 bits per heavy atom. The molecule has 2 atom stereocenters. The molecule has 0 saturated heterocycles. The first kappa shape index (κ1) is 16.5. The van der Waals surface area contributed by atoms with Gasteiger partial charge >= 0.3 is 0 Å². The molecule has 4 nitrogen and oxygen atoms in total. The van der Waals surface area contributed by atoms with Gasteiger partial charge in [-0.05, 0) is 24.7 Å². The largest absolute Gasteiger partial charge is 0.329 e. The lowest BCUT2D eigenvalue weighted by atomic mass is 9.87. The summed E-state index contributed by atoms with van der Waals surface area (Å²) in [5, 5.41) is 8.46. The molecule has 1 aliphatic carbocycles. The Morgan fingerprint density at radius 1 is 1.48 bits per heavy atom. The van der Waals surface area contributed by atoms with E-state index in [4.69, 9.17) is 5.73 Å². The van der Waals surface area contributed by atoms with Crippen LogP contribution in [0.5, 0.6) is 0 Å². The van der Waals surface area contributed by atoms with Gasteiger partial charge in [0.05, 0.1) is 5.69 Å². The topological polar surface area (TPSA) is 55.9 Å². The van der Waals surface area contributed by atoms with Gasteiger partial charge in [-0.3, -0.25) is 4.68 Å². The van der Waals surface area contributed by atoms with Crippen LogP contribution in [0, 0.1) is 5.41 Å². The third-order valence-corrected chi connectivity index (χ3v) is 4.58. The first-order chi connectivity index (χ1) is 9.62. The molecule has 3 N–H and O–H groups in total. The quantitative estimate of drug-likeness (QED) is 0.897. The maximum atomic E-state index is 6.07. The van der Waals surface area contributed by atoms with Crippen molar-refractivity contribution < 1.29 is 0 Å². The van der Waals surface area contributed by atoms with Crippen molar-refractivity contribution in [1.29, 1.82) is 0 Å². The fourth-order valence-electron chi connectivity index (χ4n) is 3.49. The smallest absolute Gasteiger partial charge is 0.0726 e. The van der Waals surface area contributed by atoms with Crippen LogP contribution in [0.1, 0.15) is 71.2 Å². The van der Waals surface area contributed by atoms with Gasteiger partial charge in [0.1, 0.15) is 0 Å². The van der Waals surface area contributed by atoms with Gasteiger partial charge in [-0.2, -0.15) is 5.10 Å². The second-order valence-electron chi connectivity index (χ2n) is 8.42. The van der Waals surface area contributed by atoms with Crippen LogP contribution in [-0.2, 0) is 12.5 Å². The second-order valence-corrected chi connectivity index (χ2v) is 8.42. The third-order valence-electron chi connectivity index (χ3n) is 4.58. The van der Waals surface area contributed by atoms with Crippen LogP contribution in [0.15, 0.2) is 6.20 Å². The van der Waals surface area contributed by atoms with Crippen molar-refractivity contribution in [2.45, 2.75) is 71.4 Å². The van der Waals surface area contributed by atoms with E-state index in [1.807, 2.05) is 11.7 Å². The summed E-state index contributed by atoms with van der Waals surface area (Å²) in [5.74, 6) is 0. The number of aryl methyl sites for hydroxylation is 1. The zero-order valence-electron chi connectivity index (χ0n) is 14.5. The van der Waals surface area contributed by atoms with E-state index in [9.17, 15) is 0 Å². The molecule has 2 unspecified atom stereocenters. The highest BCUT2D eigenvalue weighted by Gasteiger charge is 2.33. The lowest BCUT2D eigenvalue weighted by Gasteiger charge is -2.26. The van der Waals surface area contributed by atoms with E-state index in [1.165, 1.54) is 24.8 Å². The molecule has 0 spiro atoms. The number of aromatic nitrogens is 2. The van der Waals surface area contributed by atoms with E-state index in [0.29, 0.717) is 18.0 Å². The summed E-state index contributed by atoms with van der Waals surface area (Å²) < 4.78 is 1.92. The van der Waals surface area contributed by atoms with Gasteiger partial charge in [0.15, 0.2) is 0 Å². The van der Waals surface area contributed by atoms with Gasteiger partial charge in [-0.1, -0.05) is 34.6 Å². The summed E-state index contributed by atoms with van der Waals surface area (Å²) in [7, 11) is 1.99.